The summed E-state index contributed by atoms with van der Waals surface area (Å²) in [7, 11) is 1.88. The third kappa shape index (κ3) is 6.31. The number of morpholine rings is 1. The molecule has 2 aliphatic heterocycles. The smallest absolute Gasteiger partial charge is 0.341 e. The van der Waals surface area contributed by atoms with Crippen LogP contribution in [0, 0.1) is 5.82 Å². The number of hydrogen-bond donors (Lipinski definition) is 1. The number of halogens is 7. The maximum atomic E-state index is 13.9. The molecule has 7 nitrogen and oxygen atoms in total. The zero-order valence-electron chi connectivity index (χ0n) is 23.0. The molecule has 0 radical (unpaired) electrons. The highest BCUT2D eigenvalue weighted by atomic mass is 19.4. The number of ether oxygens (including phenoxy) is 2. The van der Waals surface area contributed by atoms with Crippen LogP contribution in [0.1, 0.15) is 59.9 Å². The standard InChI is InChI=1S/C28H31F7N5O2/c1-17(19-13-20(27(30,31)32)15-21(14-19)28(33,34)35)42-26-24(18-5-7-22(29)8-6-18)40(2,11-12-41-26)25-23(36-38-37-25)16-39-9-3-4-10-39/h5-8,13-15,17,24,26H,3-4,9-12,16H2,1-2H3,(H,36,37,38)/q+1/t17-,24+,26-,40?/m1/s1. The zero-order valence-corrected chi connectivity index (χ0v) is 23.0. The van der Waals surface area contributed by atoms with E-state index in [1.807, 2.05) is 7.05 Å². The van der Waals surface area contributed by atoms with Gasteiger partial charge in [-0.1, -0.05) is 5.10 Å². The topological polar surface area (TPSA) is 63.3 Å². The Morgan fingerprint density at radius 1 is 1.00 bits per heavy atom. The predicted octanol–water partition coefficient (Wildman–Crippen LogP) is 6.39. The number of quaternary nitrogens is 1. The first kappa shape index (κ1) is 30.4. The number of aromatic nitrogens is 3. The summed E-state index contributed by atoms with van der Waals surface area (Å²) in [6, 6.07) is 6.31. The summed E-state index contributed by atoms with van der Waals surface area (Å²) >= 11 is 0. The van der Waals surface area contributed by atoms with Crippen molar-refractivity contribution in [3.05, 3.63) is 76.2 Å². The molecule has 2 aliphatic rings. The molecule has 3 heterocycles. The maximum absolute atomic E-state index is 13.9. The first-order valence-corrected chi connectivity index (χ1v) is 13.6. The van der Waals surface area contributed by atoms with Crippen molar-refractivity contribution in [2.24, 2.45) is 0 Å². The molecular formula is C28H31F7N5O2+. The van der Waals surface area contributed by atoms with Crippen molar-refractivity contribution in [1.29, 1.82) is 0 Å². The second-order valence-electron chi connectivity index (χ2n) is 10.9. The van der Waals surface area contributed by atoms with Gasteiger partial charge in [0.15, 0.2) is 11.7 Å². The molecule has 5 rings (SSSR count). The SMILES string of the molecule is C[C@@H](O[C@H]1OCC[N+](C)(c2n[nH]nc2CN2CCCC2)[C@H]1c1ccc(F)cc1)c1cc(C(F)(F)F)cc(C(F)(F)F)c1. The van der Waals surface area contributed by atoms with E-state index in [4.69, 9.17) is 9.47 Å². The minimum Gasteiger partial charge on any atom is -0.341 e. The molecule has 0 aliphatic carbocycles. The van der Waals surface area contributed by atoms with E-state index in [1.165, 1.54) is 19.1 Å². The third-order valence-corrected chi connectivity index (χ3v) is 7.99. The van der Waals surface area contributed by atoms with Gasteiger partial charge in [0.05, 0.1) is 37.4 Å². The van der Waals surface area contributed by atoms with E-state index in [1.54, 1.807) is 12.1 Å². The van der Waals surface area contributed by atoms with Gasteiger partial charge in [-0.25, -0.2) is 4.39 Å². The van der Waals surface area contributed by atoms with Crippen molar-refractivity contribution in [1.82, 2.24) is 24.8 Å². The van der Waals surface area contributed by atoms with Crippen LogP contribution in [0.5, 0.6) is 0 Å². The molecule has 0 bridgehead atoms. The van der Waals surface area contributed by atoms with Crippen molar-refractivity contribution >= 4 is 5.82 Å². The van der Waals surface area contributed by atoms with E-state index >= 15 is 0 Å². The number of benzene rings is 2. The van der Waals surface area contributed by atoms with Crippen LogP contribution < -0.4 is 4.48 Å². The molecule has 2 aromatic carbocycles. The molecule has 2 fully saturated rings. The van der Waals surface area contributed by atoms with Gasteiger partial charge < -0.3 is 9.47 Å². The number of H-pyrrole nitrogens is 1. The lowest BCUT2D eigenvalue weighted by molar-refractivity contribution is -0.224. The van der Waals surface area contributed by atoms with E-state index in [0.29, 0.717) is 42.3 Å². The van der Waals surface area contributed by atoms with Gasteiger partial charge in [-0.05, 0) is 80.9 Å². The van der Waals surface area contributed by atoms with Gasteiger partial charge in [0.2, 0.25) is 6.29 Å². The summed E-state index contributed by atoms with van der Waals surface area (Å²) in [5.74, 6) is 0.120. The van der Waals surface area contributed by atoms with Crippen molar-refractivity contribution in [2.75, 3.05) is 33.3 Å². The molecule has 0 amide bonds. The molecule has 0 spiro atoms. The normalized spacial score (nSPS) is 24.7. The fraction of sp³-hybridized carbons (Fsp3) is 0.500. The van der Waals surface area contributed by atoms with Crippen molar-refractivity contribution in [2.45, 2.75) is 57.1 Å². The predicted molar refractivity (Wildman–Crippen MR) is 138 cm³/mol. The van der Waals surface area contributed by atoms with E-state index in [2.05, 4.69) is 20.3 Å². The number of hydrogen-bond acceptors (Lipinski definition) is 5. The van der Waals surface area contributed by atoms with Gasteiger partial charge in [-0.15, -0.1) is 0 Å². The third-order valence-electron chi connectivity index (χ3n) is 7.99. The Balaban J connectivity index is 1.52. The van der Waals surface area contributed by atoms with E-state index in [9.17, 15) is 30.7 Å². The van der Waals surface area contributed by atoms with Crippen molar-refractivity contribution in [3.63, 3.8) is 0 Å². The Morgan fingerprint density at radius 2 is 1.62 bits per heavy atom. The van der Waals surface area contributed by atoms with Crippen LogP contribution in [0.15, 0.2) is 42.5 Å². The first-order chi connectivity index (χ1) is 19.8. The molecule has 0 saturated carbocycles. The fourth-order valence-electron chi connectivity index (χ4n) is 5.76. The number of nitrogens with one attached hydrogen (secondary N) is 1. The minimum absolute atomic E-state index is 0.0784. The monoisotopic (exact) mass is 602 g/mol. The molecule has 4 atom stereocenters. The lowest BCUT2D eigenvalue weighted by Crippen LogP contribution is -2.60. The van der Waals surface area contributed by atoms with Crippen LogP contribution in [0.4, 0.5) is 36.6 Å². The molecule has 14 heteroatoms. The molecule has 2 saturated heterocycles. The Morgan fingerprint density at radius 3 is 2.21 bits per heavy atom. The van der Waals surface area contributed by atoms with Crippen molar-refractivity contribution in [3.8, 4) is 0 Å². The van der Waals surface area contributed by atoms with Gasteiger partial charge in [-0.2, -0.15) is 36.7 Å². The summed E-state index contributed by atoms with van der Waals surface area (Å²) in [6.45, 7) is 4.30. The molecule has 1 aromatic heterocycles. The first-order valence-electron chi connectivity index (χ1n) is 13.6. The van der Waals surface area contributed by atoms with Gasteiger partial charge in [0, 0.05) is 5.56 Å². The number of alkyl halides is 6. The van der Waals surface area contributed by atoms with Gasteiger partial charge in [0.1, 0.15) is 12.4 Å². The van der Waals surface area contributed by atoms with Crippen LogP contribution >= 0.6 is 0 Å². The second kappa shape index (κ2) is 11.5. The fourth-order valence-corrected chi connectivity index (χ4v) is 5.76. The minimum atomic E-state index is -5.00. The molecular weight excluding hydrogens is 571 g/mol. The highest BCUT2D eigenvalue weighted by molar-refractivity contribution is 5.42. The lowest BCUT2D eigenvalue weighted by Gasteiger charge is -2.46. The number of nitrogens with zero attached hydrogens (tertiary/aromatic N) is 4. The Labute approximate surface area is 237 Å². The summed E-state index contributed by atoms with van der Waals surface area (Å²) in [5, 5.41) is 11.6. The number of likely N-dealkylation sites (N-methyl/N-ethyl adjacent to an activating group) is 1. The average molecular weight is 603 g/mol. The summed E-state index contributed by atoms with van der Waals surface area (Å²) in [5.41, 5.74) is -1.89. The zero-order chi connectivity index (χ0) is 30.3. The summed E-state index contributed by atoms with van der Waals surface area (Å²) in [6.07, 6.45) is -10.2. The quantitative estimate of drug-likeness (QED) is 0.251. The highest BCUT2D eigenvalue weighted by Gasteiger charge is 2.50. The maximum Gasteiger partial charge on any atom is 0.416 e. The summed E-state index contributed by atoms with van der Waals surface area (Å²) in [4.78, 5) is 2.25. The van der Waals surface area contributed by atoms with E-state index in [0.717, 1.165) is 25.9 Å². The van der Waals surface area contributed by atoms with Crippen LogP contribution in [0.25, 0.3) is 0 Å². The molecule has 42 heavy (non-hydrogen) atoms. The molecule has 3 aromatic rings. The molecule has 1 N–H and O–H groups in total. The number of likely N-dealkylation sites (tertiary alicyclic amines) is 1. The van der Waals surface area contributed by atoms with E-state index in [-0.39, 0.29) is 22.7 Å². The van der Waals surface area contributed by atoms with Crippen LogP contribution in [-0.4, -0.2) is 59.9 Å². The van der Waals surface area contributed by atoms with Crippen LogP contribution in [0.3, 0.4) is 0 Å². The Hall–Kier alpha value is -3.07. The number of aromatic amines is 1. The van der Waals surface area contributed by atoms with Crippen molar-refractivity contribution < 1.29 is 40.2 Å². The van der Waals surface area contributed by atoms with E-state index < -0.39 is 47.7 Å². The second-order valence-corrected chi connectivity index (χ2v) is 10.9. The van der Waals surface area contributed by atoms with Crippen LogP contribution in [0.2, 0.25) is 0 Å². The van der Waals surface area contributed by atoms with Gasteiger partial charge in [0.25, 0.3) is 5.82 Å². The Bertz CT molecular complexity index is 1340. The van der Waals surface area contributed by atoms with Gasteiger partial charge in [-0.3, -0.25) is 9.38 Å². The average Bonchev–Trinajstić information content (AvgIpc) is 3.61. The largest absolute Gasteiger partial charge is 0.416 e. The number of rotatable bonds is 7. The summed E-state index contributed by atoms with van der Waals surface area (Å²) < 4.78 is 107. The Kier molecular flexibility index (Phi) is 8.36. The lowest BCUT2D eigenvalue weighted by atomic mass is 9.99. The molecule has 228 valence electrons. The van der Waals surface area contributed by atoms with Crippen LogP contribution in [-0.2, 0) is 28.4 Å². The van der Waals surface area contributed by atoms with Gasteiger partial charge >= 0.3 is 12.4 Å². The highest BCUT2D eigenvalue weighted by Crippen LogP contribution is 2.43. The molecule has 1 unspecified atom stereocenters.